The lowest BCUT2D eigenvalue weighted by molar-refractivity contribution is -0.115. The number of benzene rings is 1. The second-order valence-corrected chi connectivity index (χ2v) is 5.67. The zero-order valence-electron chi connectivity index (χ0n) is 10.1. The molecule has 1 unspecified atom stereocenters. The van der Waals surface area contributed by atoms with Crippen molar-refractivity contribution in [1.29, 1.82) is 0 Å². The molecule has 19 heavy (non-hydrogen) atoms. The van der Waals surface area contributed by atoms with Gasteiger partial charge in [0.05, 0.1) is 17.0 Å². The van der Waals surface area contributed by atoms with E-state index in [1.165, 1.54) is 0 Å². The summed E-state index contributed by atoms with van der Waals surface area (Å²) in [6, 6.07) is 1.66. The van der Waals surface area contributed by atoms with Crippen molar-refractivity contribution in [3.05, 3.63) is 29.3 Å². The van der Waals surface area contributed by atoms with Crippen LogP contribution in [0.5, 0.6) is 0 Å². The molecule has 1 aromatic carbocycles. The van der Waals surface area contributed by atoms with Gasteiger partial charge in [-0.2, -0.15) is 0 Å². The Morgan fingerprint density at radius 2 is 2.05 bits per heavy atom. The highest BCUT2D eigenvalue weighted by atomic mass is 32.2. The van der Waals surface area contributed by atoms with Crippen LogP contribution in [-0.2, 0) is 14.8 Å². The first-order chi connectivity index (χ1) is 8.82. The van der Waals surface area contributed by atoms with Crippen LogP contribution in [0.2, 0.25) is 0 Å². The Bertz CT molecular complexity index is 574. The Labute approximate surface area is 109 Å². The Morgan fingerprint density at radius 1 is 1.42 bits per heavy atom. The van der Waals surface area contributed by atoms with E-state index >= 15 is 0 Å². The Kier molecular flexibility index (Phi) is 4.96. The summed E-state index contributed by atoms with van der Waals surface area (Å²) in [6.45, 7) is 1.63. The number of nitrogens with one attached hydrogen (secondary N) is 1. The number of hydrogen-bond donors (Lipinski definition) is 2. The van der Waals surface area contributed by atoms with E-state index in [2.05, 4.69) is 0 Å². The fourth-order valence-electron chi connectivity index (χ4n) is 1.47. The van der Waals surface area contributed by atoms with Crippen LogP contribution in [-0.4, -0.2) is 25.6 Å². The van der Waals surface area contributed by atoms with Gasteiger partial charge in [-0.05, 0) is 18.6 Å². The van der Waals surface area contributed by atoms with E-state index in [4.69, 9.17) is 0 Å². The first kappa shape index (κ1) is 15.5. The first-order valence-corrected chi connectivity index (χ1v) is 7.09. The van der Waals surface area contributed by atoms with Crippen LogP contribution < -0.4 is 4.72 Å². The van der Waals surface area contributed by atoms with E-state index in [1.54, 1.807) is 6.92 Å². The molecule has 0 heterocycles. The van der Waals surface area contributed by atoms with E-state index in [0.29, 0.717) is 6.42 Å². The summed E-state index contributed by atoms with van der Waals surface area (Å²) in [5.41, 5.74) is -1.39. The summed E-state index contributed by atoms with van der Waals surface area (Å²) in [6.07, 6.45) is -1.72. The van der Waals surface area contributed by atoms with E-state index in [0.717, 1.165) is 12.1 Å². The van der Waals surface area contributed by atoms with Crippen molar-refractivity contribution in [2.24, 2.45) is 0 Å². The van der Waals surface area contributed by atoms with Crippen molar-refractivity contribution in [3.8, 4) is 0 Å². The molecule has 8 heteroatoms. The number of carbonyl (C=O) groups is 1. The van der Waals surface area contributed by atoms with E-state index in [-0.39, 0.29) is 12.0 Å². The maximum Gasteiger partial charge on any atom is 0.232 e. The first-order valence-electron chi connectivity index (χ1n) is 5.44. The Balaban J connectivity index is 3.22. The van der Waals surface area contributed by atoms with Gasteiger partial charge in [0.15, 0.2) is 12.1 Å². The van der Waals surface area contributed by atoms with Gasteiger partial charge in [0, 0.05) is 0 Å². The molecule has 2 N–H and O–H groups in total. The van der Waals surface area contributed by atoms with Crippen molar-refractivity contribution in [2.45, 2.75) is 19.4 Å². The number of aldehydes is 1. The normalized spacial score (nSPS) is 13.1. The minimum Gasteiger partial charge on any atom is -0.381 e. The smallest absolute Gasteiger partial charge is 0.232 e. The zero-order valence-corrected chi connectivity index (χ0v) is 10.9. The van der Waals surface area contributed by atoms with Gasteiger partial charge in [-0.15, -0.1) is 0 Å². The molecule has 0 fully saturated rings. The van der Waals surface area contributed by atoms with Crippen LogP contribution in [0.4, 0.5) is 14.5 Å². The predicted octanol–water partition coefficient (Wildman–Crippen LogP) is 1.35. The maximum absolute atomic E-state index is 13.9. The second kappa shape index (κ2) is 6.07. The standard InChI is InChI=1S/C11H13F2NO4S/c1-2-5-19(17,18)14-8-4-3-7(12)10(11(8)13)9(16)6-15/h3-4,6,9,14,16H,2,5H2,1H3. The summed E-state index contributed by atoms with van der Waals surface area (Å²) in [5.74, 6) is -2.66. The van der Waals surface area contributed by atoms with Gasteiger partial charge in [-0.3, -0.25) is 4.72 Å². The van der Waals surface area contributed by atoms with E-state index in [1.807, 2.05) is 4.72 Å². The Hall–Kier alpha value is -1.54. The number of rotatable bonds is 6. The number of hydrogen-bond acceptors (Lipinski definition) is 4. The van der Waals surface area contributed by atoms with Crippen molar-refractivity contribution in [3.63, 3.8) is 0 Å². The molecule has 1 atom stereocenters. The summed E-state index contributed by atoms with van der Waals surface area (Å²) >= 11 is 0. The number of halogens is 2. The van der Waals surface area contributed by atoms with E-state index in [9.17, 15) is 27.1 Å². The highest BCUT2D eigenvalue weighted by Crippen LogP contribution is 2.26. The number of sulfonamides is 1. The van der Waals surface area contributed by atoms with Crippen LogP contribution in [0.15, 0.2) is 12.1 Å². The van der Waals surface area contributed by atoms with Gasteiger partial charge in [-0.1, -0.05) is 6.92 Å². The third-order valence-electron chi connectivity index (χ3n) is 2.29. The number of aliphatic hydroxyl groups is 1. The number of carbonyl (C=O) groups excluding carboxylic acids is 1. The summed E-state index contributed by atoms with van der Waals surface area (Å²) < 4.78 is 52.1. The molecule has 0 aliphatic heterocycles. The SMILES string of the molecule is CCCS(=O)(=O)Nc1ccc(F)c(C(O)C=O)c1F. The van der Waals surface area contributed by atoms with Crippen molar-refractivity contribution in [2.75, 3.05) is 10.5 Å². The van der Waals surface area contributed by atoms with Crippen molar-refractivity contribution in [1.82, 2.24) is 0 Å². The lowest BCUT2D eigenvalue weighted by atomic mass is 10.1. The maximum atomic E-state index is 13.9. The van der Waals surface area contributed by atoms with Gasteiger partial charge in [0.2, 0.25) is 10.0 Å². The Morgan fingerprint density at radius 3 is 2.58 bits per heavy atom. The number of aliphatic hydroxyl groups excluding tert-OH is 1. The summed E-state index contributed by atoms with van der Waals surface area (Å²) in [4.78, 5) is 10.4. The second-order valence-electron chi connectivity index (χ2n) is 3.82. The predicted molar refractivity (Wildman–Crippen MR) is 65.1 cm³/mol. The largest absolute Gasteiger partial charge is 0.381 e. The molecule has 1 rings (SSSR count). The molecule has 0 aromatic heterocycles. The lowest BCUT2D eigenvalue weighted by Crippen LogP contribution is -2.18. The summed E-state index contributed by atoms with van der Waals surface area (Å²) in [5, 5.41) is 9.19. The highest BCUT2D eigenvalue weighted by molar-refractivity contribution is 7.92. The van der Waals surface area contributed by atoms with Crippen LogP contribution in [0.3, 0.4) is 0 Å². The lowest BCUT2D eigenvalue weighted by Gasteiger charge is -2.12. The quantitative estimate of drug-likeness (QED) is 0.775. The molecular weight excluding hydrogens is 280 g/mol. The minimum absolute atomic E-state index is 0.0498. The monoisotopic (exact) mass is 293 g/mol. The molecule has 0 aliphatic rings. The zero-order chi connectivity index (χ0) is 14.6. The molecule has 0 radical (unpaired) electrons. The van der Waals surface area contributed by atoms with Gasteiger partial charge < -0.3 is 9.90 Å². The topological polar surface area (TPSA) is 83.5 Å². The molecular formula is C11H13F2NO4S. The molecule has 0 saturated carbocycles. The van der Waals surface area contributed by atoms with Gasteiger partial charge in [0.1, 0.15) is 11.9 Å². The average molecular weight is 293 g/mol. The van der Waals surface area contributed by atoms with Crippen LogP contribution in [0.1, 0.15) is 25.0 Å². The molecule has 106 valence electrons. The fraction of sp³-hybridized carbons (Fsp3) is 0.364. The number of anilines is 1. The van der Waals surface area contributed by atoms with Crippen LogP contribution >= 0.6 is 0 Å². The molecule has 0 amide bonds. The molecule has 0 aliphatic carbocycles. The molecule has 5 nitrogen and oxygen atoms in total. The van der Waals surface area contributed by atoms with Crippen LogP contribution in [0, 0.1) is 11.6 Å². The highest BCUT2D eigenvalue weighted by Gasteiger charge is 2.22. The molecule has 0 bridgehead atoms. The van der Waals surface area contributed by atoms with E-state index < -0.39 is 39.0 Å². The van der Waals surface area contributed by atoms with Crippen molar-refractivity contribution >= 4 is 22.0 Å². The minimum atomic E-state index is -3.75. The van der Waals surface area contributed by atoms with Crippen molar-refractivity contribution < 1.29 is 27.1 Å². The summed E-state index contributed by atoms with van der Waals surface area (Å²) in [7, 11) is -3.75. The van der Waals surface area contributed by atoms with Gasteiger partial charge >= 0.3 is 0 Å². The molecule has 1 aromatic rings. The van der Waals surface area contributed by atoms with Gasteiger partial charge in [0.25, 0.3) is 0 Å². The average Bonchev–Trinajstić information content (AvgIpc) is 2.32. The molecule has 0 spiro atoms. The third-order valence-corrected chi connectivity index (χ3v) is 3.77. The third kappa shape index (κ3) is 3.71. The van der Waals surface area contributed by atoms with Gasteiger partial charge in [-0.25, -0.2) is 17.2 Å². The fourth-order valence-corrected chi connectivity index (χ4v) is 2.61. The van der Waals surface area contributed by atoms with Crippen LogP contribution in [0.25, 0.3) is 0 Å². The molecule has 0 saturated heterocycles.